The van der Waals surface area contributed by atoms with E-state index in [1.165, 1.54) is 437 Å². The molecule has 0 rings (SSSR count). The van der Waals surface area contributed by atoms with Crippen LogP contribution in [0.2, 0.25) is 0 Å². The van der Waals surface area contributed by atoms with Crippen molar-refractivity contribution in [2.75, 3.05) is 0 Å². The van der Waals surface area contributed by atoms with E-state index in [2.05, 4.69) is 65.8 Å². The molecule has 0 aromatic carbocycles. The molecule has 0 spiro atoms. The summed E-state index contributed by atoms with van der Waals surface area (Å²) >= 11 is 0. The van der Waals surface area contributed by atoms with E-state index >= 15 is 0 Å². The van der Waals surface area contributed by atoms with Gasteiger partial charge < -0.3 is 30.6 Å². The molecule has 0 amide bonds. The Morgan fingerprint density at radius 3 is 0.298 bits per heavy atom. The van der Waals surface area contributed by atoms with Gasteiger partial charge in [-0.25, -0.2) is 0 Å². The fraction of sp³-hybridized carbons (Fsp3) is 0.902. The monoisotopic (exact) mass is 1620 g/mol. The van der Waals surface area contributed by atoms with Crippen molar-refractivity contribution in [3.05, 3.63) is 24.3 Å². The molecular weight excluding hydrogens is 1420 g/mol. The number of unbranched alkanes of at least 4 members (excludes halogenated alkanes) is 72. The van der Waals surface area contributed by atoms with Gasteiger partial charge in [0.25, 0.3) is 0 Å². The highest BCUT2D eigenvalue weighted by Gasteiger charge is 2.04. The van der Waals surface area contributed by atoms with E-state index in [4.69, 9.17) is 30.6 Å². The maximum absolute atomic E-state index is 10.3. The predicted molar refractivity (Wildman–Crippen MR) is 495 cm³/mol. The van der Waals surface area contributed by atoms with Gasteiger partial charge in [-0.2, -0.15) is 0 Å². The zero-order valence-electron chi connectivity index (χ0n) is 77.3. The van der Waals surface area contributed by atoms with Crippen LogP contribution >= 0.6 is 0 Å². The summed E-state index contributed by atoms with van der Waals surface area (Å²) in [6.07, 6.45) is 115. The molecule has 6 N–H and O–H groups in total. The highest BCUT2D eigenvalue weighted by Crippen LogP contribution is 2.20. The van der Waals surface area contributed by atoms with E-state index in [1.54, 1.807) is 0 Å². The second-order valence-electron chi connectivity index (χ2n) is 33.7. The molecule has 12 heteroatoms. The van der Waals surface area contributed by atoms with Crippen molar-refractivity contribution < 1.29 is 59.4 Å². The number of carboxylic acid groups (broad SMARTS) is 6. The Morgan fingerprint density at radius 1 is 0.132 bits per heavy atom. The summed E-state index contributed by atoms with van der Waals surface area (Å²) in [5.41, 5.74) is 0. The second-order valence-corrected chi connectivity index (χ2v) is 33.7. The Kier molecular flexibility index (Phi) is 125. The zero-order valence-corrected chi connectivity index (χ0v) is 77.3. The molecule has 0 heterocycles. The Bertz CT molecular complexity index is 1730. The van der Waals surface area contributed by atoms with Gasteiger partial charge in [-0.15, -0.1) is 0 Å². The molecule has 0 aromatic rings. The maximum Gasteiger partial charge on any atom is 0.303 e. The number of carbonyl (C=O) groups is 6. The van der Waals surface area contributed by atoms with Gasteiger partial charge in [-0.3, -0.25) is 28.8 Å². The van der Waals surface area contributed by atoms with E-state index < -0.39 is 35.8 Å². The molecule has 0 unspecified atom stereocenters. The van der Waals surface area contributed by atoms with Crippen LogP contribution in [0.15, 0.2) is 24.3 Å². The molecule has 0 atom stereocenters. The van der Waals surface area contributed by atoms with E-state index in [1.807, 2.05) is 0 Å². The molecule has 0 bridgehead atoms. The smallest absolute Gasteiger partial charge is 0.303 e. The van der Waals surface area contributed by atoms with E-state index in [0.29, 0.717) is 38.5 Å². The van der Waals surface area contributed by atoms with Gasteiger partial charge in [0.2, 0.25) is 0 Å². The summed E-state index contributed by atoms with van der Waals surface area (Å²) < 4.78 is 0. The van der Waals surface area contributed by atoms with Crippen molar-refractivity contribution in [2.24, 2.45) is 0 Å². The Labute approximate surface area is 709 Å². The minimum atomic E-state index is -0.664. The zero-order chi connectivity index (χ0) is 85.1. The Morgan fingerprint density at radius 2 is 0.211 bits per heavy atom. The van der Waals surface area contributed by atoms with Gasteiger partial charge in [0.05, 0.1) is 0 Å². The molecule has 0 aromatic heterocycles. The van der Waals surface area contributed by atoms with Crippen LogP contribution in [0.25, 0.3) is 0 Å². The standard InChI is InChI=1S/3C18H36O2.2C18H34O2.C12H24O2/c5*1-2-3-4-5-6-7-8-9-10-11-12-13-14-15-16-17-18(19)20;1-2-3-4-5-6-7-8-9-10-11-12(13)14/h3*2-17H2,1H3,(H,19,20);2*9-10H,2-8,11-17H2,1H3,(H,19,20);2-11H2,1H3,(H,13,14)/b;;;2*10-9-;. The number of hydrogen-bond donors (Lipinski definition) is 6. The molecule has 0 saturated carbocycles. The lowest BCUT2D eigenvalue weighted by atomic mass is 10.0. The summed E-state index contributed by atoms with van der Waals surface area (Å²) in [4.78, 5) is 61.9. The molecule has 0 saturated heterocycles. The topological polar surface area (TPSA) is 224 Å². The number of carboxylic acids is 6. The molecule has 680 valence electrons. The molecule has 0 aliphatic heterocycles. The molecule has 0 aliphatic carbocycles. The third-order valence-electron chi connectivity index (χ3n) is 21.8. The van der Waals surface area contributed by atoms with Gasteiger partial charge in [0, 0.05) is 38.5 Å². The lowest BCUT2D eigenvalue weighted by Gasteiger charge is -2.03. The highest BCUT2D eigenvalue weighted by molar-refractivity contribution is 5.68. The van der Waals surface area contributed by atoms with Crippen molar-refractivity contribution in [2.45, 2.75) is 594 Å². The van der Waals surface area contributed by atoms with Gasteiger partial charge in [-0.1, -0.05) is 490 Å². The first-order valence-electron chi connectivity index (χ1n) is 50.2. The first-order chi connectivity index (χ1) is 55.6. The quantitative estimate of drug-likeness (QED) is 0.0247. The molecule has 0 fully saturated rings. The number of hydrogen-bond acceptors (Lipinski definition) is 6. The van der Waals surface area contributed by atoms with Crippen LogP contribution in [0.1, 0.15) is 594 Å². The van der Waals surface area contributed by atoms with Gasteiger partial charge in [-0.05, 0) is 89.9 Å². The minimum absolute atomic E-state index is 0.332. The summed E-state index contributed by atoms with van der Waals surface area (Å²) in [5, 5.41) is 51.0. The molecular formula is C102H200O12. The molecule has 0 aliphatic rings. The average Bonchev–Trinajstić information content (AvgIpc) is 2.21. The van der Waals surface area contributed by atoms with Crippen LogP contribution in [0, 0.1) is 0 Å². The van der Waals surface area contributed by atoms with Crippen molar-refractivity contribution in [3.63, 3.8) is 0 Å². The van der Waals surface area contributed by atoms with Crippen LogP contribution in [0.5, 0.6) is 0 Å². The van der Waals surface area contributed by atoms with Crippen LogP contribution in [-0.4, -0.2) is 66.5 Å². The first kappa shape index (κ1) is 121. The summed E-state index contributed by atoms with van der Waals surface area (Å²) in [7, 11) is 0. The lowest BCUT2D eigenvalue weighted by Crippen LogP contribution is -1.93. The lowest BCUT2D eigenvalue weighted by molar-refractivity contribution is -0.138. The first-order valence-corrected chi connectivity index (χ1v) is 50.2. The average molecular weight is 1620 g/mol. The summed E-state index contributed by atoms with van der Waals surface area (Å²) in [5.74, 6) is -3.95. The van der Waals surface area contributed by atoms with Crippen molar-refractivity contribution in [1.29, 1.82) is 0 Å². The third-order valence-corrected chi connectivity index (χ3v) is 21.8. The normalized spacial score (nSPS) is 10.9. The largest absolute Gasteiger partial charge is 0.481 e. The van der Waals surface area contributed by atoms with Crippen LogP contribution in [0.4, 0.5) is 0 Å². The fourth-order valence-corrected chi connectivity index (χ4v) is 14.2. The van der Waals surface area contributed by atoms with Crippen molar-refractivity contribution >= 4 is 35.8 Å². The summed E-state index contributed by atoms with van der Waals surface area (Å²) in [6, 6.07) is 0. The molecule has 0 radical (unpaired) electrons. The van der Waals surface area contributed by atoms with Crippen molar-refractivity contribution in [3.8, 4) is 0 Å². The maximum atomic E-state index is 10.3. The van der Waals surface area contributed by atoms with E-state index in [-0.39, 0.29) is 0 Å². The van der Waals surface area contributed by atoms with Gasteiger partial charge in [0.15, 0.2) is 0 Å². The van der Waals surface area contributed by atoms with E-state index in [0.717, 1.165) is 77.0 Å². The highest BCUT2D eigenvalue weighted by atomic mass is 16.4. The fourth-order valence-electron chi connectivity index (χ4n) is 14.2. The number of allylic oxidation sites excluding steroid dienone is 4. The second kappa shape index (κ2) is 118. The SMILES string of the molecule is CCCCCCCC/C=C\CCCCCCCC(=O)O.CCCCCCCC/C=C\CCCCCCCC(=O)O.CCCCCCCCCCCC(=O)O.CCCCCCCCCCCCCCCCCC(=O)O.CCCCCCCCCCCCCCCCCC(=O)O.CCCCCCCCCCCCCCCCCC(=O)O. The number of rotatable bonds is 88. The Hall–Kier alpha value is -3.70. The van der Waals surface area contributed by atoms with Crippen LogP contribution in [-0.2, 0) is 28.8 Å². The van der Waals surface area contributed by atoms with Gasteiger partial charge >= 0.3 is 35.8 Å². The third kappa shape index (κ3) is 146. The molecule has 12 nitrogen and oxygen atoms in total. The predicted octanol–water partition coefficient (Wildman–Crippen LogP) is 35.2. The Balaban J connectivity index is -0.000000308. The van der Waals surface area contributed by atoms with Gasteiger partial charge in [0.1, 0.15) is 0 Å². The van der Waals surface area contributed by atoms with Crippen LogP contribution in [0.3, 0.4) is 0 Å². The molecule has 114 heavy (non-hydrogen) atoms. The number of aliphatic carboxylic acids is 6. The summed E-state index contributed by atoms with van der Waals surface area (Å²) in [6.45, 7) is 13.6. The van der Waals surface area contributed by atoms with E-state index in [9.17, 15) is 28.8 Å². The van der Waals surface area contributed by atoms with Crippen LogP contribution < -0.4 is 0 Å². The van der Waals surface area contributed by atoms with Crippen molar-refractivity contribution in [1.82, 2.24) is 0 Å². The minimum Gasteiger partial charge on any atom is -0.481 e.